The van der Waals surface area contributed by atoms with Crippen LogP contribution in [0.25, 0.3) is 0 Å². The SMILES string of the molecule is O=C(OS(=O)(=O)OF)C(F)(F)OC(F)(F)F. The Morgan fingerprint density at radius 1 is 1.06 bits per heavy atom. The summed E-state index contributed by atoms with van der Waals surface area (Å²) in [4.78, 5) is 10.1. The van der Waals surface area contributed by atoms with Gasteiger partial charge in [-0.3, -0.25) is 0 Å². The van der Waals surface area contributed by atoms with E-state index < -0.39 is 28.8 Å². The molecule has 16 heavy (non-hydrogen) atoms. The summed E-state index contributed by atoms with van der Waals surface area (Å²) in [7, 11) is -5.80. The zero-order valence-corrected chi connectivity index (χ0v) is 7.44. The first-order chi connectivity index (χ1) is 6.90. The van der Waals surface area contributed by atoms with Crippen molar-refractivity contribution in [2.45, 2.75) is 12.5 Å². The first-order valence-electron chi connectivity index (χ1n) is 2.83. The molecule has 0 fully saturated rings. The van der Waals surface area contributed by atoms with Crippen molar-refractivity contribution in [1.82, 2.24) is 0 Å². The van der Waals surface area contributed by atoms with Crippen molar-refractivity contribution in [3.8, 4) is 0 Å². The minimum Gasteiger partial charge on any atom is -0.315 e. The third kappa shape index (κ3) is 5.13. The highest BCUT2D eigenvalue weighted by atomic mass is 32.3. The second kappa shape index (κ2) is 4.42. The zero-order valence-electron chi connectivity index (χ0n) is 6.63. The van der Waals surface area contributed by atoms with Crippen molar-refractivity contribution in [2.24, 2.45) is 0 Å². The molecule has 0 heterocycles. The highest BCUT2D eigenvalue weighted by molar-refractivity contribution is 7.82. The molecule has 0 aliphatic heterocycles. The van der Waals surface area contributed by atoms with Gasteiger partial charge in [-0.05, 0) is 8.91 Å². The summed E-state index contributed by atoms with van der Waals surface area (Å²) in [6.07, 6.45) is -11.6. The molecule has 0 spiro atoms. The number of hydrogen-bond acceptors (Lipinski definition) is 6. The summed E-state index contributed by atoms with van der Waals surface area (Å²) < 4.78 is 95.2. The Morgan fingerprint density at radius 2 is 1.50 bits per heavy atom. The van der Waals surface area contributed by atoms with Crippen LogP contribution in [0, 0.1) is 0 Å². The highest BCUT2D eigenvalue weighted by Crippen LogP contribution is 2.29. The molecule has 0 saturated heterocycles. The van der Waals surface area contributed by atoms with Gasteiger partial charge in [-0.15, -0.1) is 13.2 Å². The van der Waals surface area contributed by atoms with Crippen LogP contribution in [0.5, 0.6) is 0 Å². The van der Waals surface area contributed by atoms with Crippen LogP contribution in [0.4, 0.5) is 26.5 Å². The molecule has 0 bridgehead atoms. The molecule has 0 aromatic heterocycles. The predicted molar refractivity (Wildman–Crippen MR) is 29.3 cm³/mol. The summed E-state index contributed by atoms with van der Waals surface area (Å²) >= 11 is 0. The van der Waals surface area contributed by atoms with Crippen molar-refractivity contribution in [1.29, 1.82) is 0 Å². The number of alkyl halides is 5. The number of ether oxygens (including phenoxy) is 1. The van der Waals surface area contributed by atoms with Gasteiger partial charge in [0.15, 0.2) is 0 Å². The van der Waals surface area contributed by atoms with E-state index in [1.807, 2.05) is 9.12 Å². The molecule has 0 atom stereocenters. The third-order valence-electron chi connectivity index (χ3n) is 0.736. The lowest BCUT2D eigenvalue weighted by molar-refractivity contribution is -0.413. The van der Waals surface area contributed by atoms with Gasteiger partial charge in [0.05, 0.1) is 0 Å². The van der Waals surface area contributed by atoms with Crippen LogP contribution in [0.15, 0.2) is 0 Å². The quantitative estimate of drug-likeness (QED) is 0.708. The topological polar surface area (TPSA) is 78.9 Å². The first-order valence-corrected chi connectivity index (χ1v) is 4.17. The molecule has 0 amide bonds. The molecule has 0 N–H and O–H groups in total. The van der Waals surface area contributed by atoms with Gasteiger partial charge < -0.3 is 4.18 Å². The maximum atomic E-state index is 12.1. The average Bonchev–Trinajstić information content (AvgIpc) is 1.99. The van der Waals surface area contributed by atoms with Gasteiger partial charge in [0.25, 0.3) is 0 Å². The molecule has 0 saturated carbocycles. The number of rotatable bonds is 4. The van der Waals surface area contributed by atoms with E-state index >= 15 is 0 Å². The average molecular weight is 278 g/mol. The van der Waals surface area contributed by atoms with Crippen molar-refractivity contribution >= 4 is 16.4 Å². The molecular formula is C3F6O6S. The molecule has 0 aliphatic carbocycles. The van der Waals surface area contributed by atoms with E-state index in [4.69, 9.17) is 0 Å². The van der Waals surface area contributed by atoms with Gasteiger partial charge >= 0.3 is 28.8 Å². The van der Waals surface area contributed by atoms with E-state index in [1.54, 1.807) is 0 Å². The Bertz CT molecular complexity index is 357. The molecule has 0 aliphatic rings. The molecule has 6 nitrogen and oxygen atoms in total. The fraction of sp³-hybridized carbons (Fsp3) is 0.667. The summed E-state index contributed by atoms with van der Waals surface area (Å²) in [5.41, 5.74) is 0. The van der Waals surface area contributed by atoms with Crippen LogP contribution in [-0.4, -0.2) is 26.9 Å². The number of halogens is 6. The molecule has 0 radical (unpaired) electrons. The largest absolute Gasteiger partial charge is 0.527 e. The van der Waals surface area contributed by atoms with Crippen LogP contribution >= 0.6 is 0 Å². The molecular weight excluding hydrogens is 278 g/mol. The summed E-state index contributed by atoms with van der Waals surface area (Å²) in [5, 5.41) is 0. The monoisotopic (exact) mass is 278 g/mol. The Balaban J connectivity index is 4.73. The highest BCUT2D eigenvalue weighted by Gasteiger charge is 2.54. The van der Waals surface area contributed by atoms with Gasteiger partial charge in [-0.2, -0.15) is 17.2 Å². The Morgan fingerprint density at radius 3 is 1.81 bits per heavy atom. The fourth-order valence-electron chi connectivity index (χ4n) is 0.341. The summed E-state index contributed by atoms with van der Waals surface area (Å²) in [6, 6.07) is 0. The molecule has 13 heteroatoms. The zero-order chi connectivity index (χ0) is 13.2. The lowest BCUT2D eigenvalue weighted by Crippen LogP contribution is -2.39. The van der Waals surface area contributed by atoms with Crippen LogP contribution in [-0.2, 0) is 28.5 Å². The van der Waals surface area contributed by atoms with Crippen molar-refractivity contribution in [2.75, 3.05) is 0 Å². The summed E-state index contributed by atoms with van der Waals surface area (Å²) in [6.45, 7) is 0. The Labute approximate surface area is 82.9 Å². The van der Waals surface area contributed by atoms with Crippen molar-refractivity contribution in [3.05, 3.63) is 0 Å². The van der Waals surface area contributed by atoms with Gasteiger partial charge in [-0.25, -0.2) is 9.53 Å². The number of hydrogen-bond donors (Lipinski definition) is 0. The minimum absolute atomic E-state index is 1.89. The van der Waals surface area contributed by atoms with Crippen LogP contribution < -0.4 is 0 Å². The fourth-order valence-corrected chi connectivity index (χ4v) is 0.649. The van der Waals surface area contributed by atoms with E-state index in [1.165, 1.54) is 0 Å². The maximum absolute atomic E-state index is 12.1. The molecule has 0 aromatic rings. The van der Waals surface area contributed by atoms with Crippen LogP contribution in [0.3, 0.4) is 0 Å². The Kier molecular flexibility index (Phi) is 4.12. The van der Waals surface area contributed by atoms with Gasteiger partial charge in [0.1, 0.15) is 0 Å². The van der Waals surface area contributed by atoms with E-state index in [-0.39, 0.29) is 0 Å². The van der Waals surface area contributed by atoms with E-state index in [0.717, 1.165) is 0 Å². The standard InChI is InChI=1S/C3F6O6S/c4-2(5,14-3(6,7)8)1(10)13-16(11,12)15-9. The second-order valence-electron chi connectivity index (χ2n) is 1.91. The van der Waals surface area contributed by atoms with Crippen LogP contribution in [0.2, 0.25) is 0 Å². The van der Waals surface area contributed by atoms with Crippen molar-refractivity contribution in [3.63, 3.8) is 0 Å². The normalized spacial score (nSPS) is 13.6. The van der Waals surface area contributed by atoms with Crippen molar-refractivity contribution < 1.29 is 53.0 Å². The molecule has 0 aromatic carbocycles. The number of carbonyl (C=O) groups excluding carboxylic acids is 1. The minimum atomic E-state index is -5.94. The van der Waals surface area contributed by atoms with Crippen LogP contribution in [0.1, 0.15) is 0 Å². The maximum Gasteiger partial charge on any atom is 0.527 e. The lowest BCUT2D eigenvalue weighted by Gasteiger charge is -2.15. The molecule has 0 unspecified atom stereocenters. The third-order valence-corrected chi connectivity index (χ3v) is 1.25. The van der Waals surface area contributed by atoms with Gasteiger partial charge in [-0.1, -0.05) is 0 Å². The van der Waals surface area contributed by atoms with E-state index in [0.29, 0.717) is 0 Å². The lowest BCUT2D eigenvalue weighted by atomic mass is 10.6. The summed E-state index contributed by atoms with van der Waals surface area (Å²) in [5.74, 6) is -3.32. The van der Waals surface area contributed by atoms with Gasteiger partial charge in [0.2, 0.25) is 0 Å². The smallest absolute Gasteiger partial charge is 0.315 e. The predicted octanol–water partition coefficient (Wildman–Crippen LogP) is 0.805. The number of carbonyl (C=O) groups is 1. The van der Waals surface area contributed by atoms with E-state index in [9.17, 15) is 39.7 Å². The second-order valence-corrected chi connectivity index (χ2v) is 3.02. The molecule has 96 valence electrons. The Hall–Kier alpha value is -1.08. The first kappa shape index (κ1) is 14.9. The molecule has 0 rings (SSSR count). The van der Waals surface area contributed by atoms with E-state index in [2.05, 4.69) is 4.18 Å². The van der Waals surface area contributed by atoms with Gasteiger partial charge in [0, 0.05) is 0 Å².